The van der Waals surface area contributed by atoms with Gasteiger partial charge in [0.25, 0.3) is 5.91 Å². The van der Waals surface area contributed by atoms with Crippen molar-refractivity contribution in [1.82, 2.24) is 4.90 Å². The first kappa shape index (κ1) is 16.2. The molecule has 1 aliphatic rings. The Morgan fingerprint density at radius 1 is 1.48 bits per heavy atom. The number of hydrogen-bond donors (Lipinski definition) is 1. The van der Waals surface area contributed by atoms with Crippen LogP contribution in [0.2, 0.25) is 0 Å². The minimum absolute atomic E-state index is 0.332. The van der Waals surface area contributed by atoms with Crippen molar-refractivity contribution in [3.63, 3.8) is 0 Å². The summed E-state index contributed by atoms with van der Waals surface area (Å²) in [4.78, 5) is 25.4. The molecule has 2 rings (SSSR count). The summed E-state index contributed by atoms with van der Waals surface area (Å²) >= 11 is 1.90. The second-order valence-electron chi connectivity index (χ2n) is 5.28. The average Bonchev–Trinajstić information content (AvgIpc) is 2.46. The van der Waals surface area contributed by atoms with E-state index in [1.807, 2.05) is 29.5 Å². The van der Waals surface area contributed by atoms with E-state index in [0.29, 0.717) is 28.0 Å². The molecular weight excluding hydrogens is 388 g/mol. The summed E-state index contributed by atoms with van der Waals surface area (Å²) in [5.41, 5.74) is 0.359. The molecule has 0 aromatic heterocycles. The van der Waals surface area contributed by atoms with Crippen molar-refractivity contribution in [1.29, 1.82) is 0 Å². The zero-order valence-corrected chi connectivity index (χ0v) is 13.8. The Labute approximate surface area is 136 Å². The van der Waals surface area contributed by atoms with Crippen LogP contribution >= 0.6 is 22.6 Å². The second kappa shape index (κ2) is 6.72. The SMILES string of the molecule is CCC1CCN(C(=O)c2ccc(F)cc2I)C(C(=O)O)C1. The lowest BCUT2D eigenvalue weighted by Crippen LogP contribution is -2.50. The highest BCUT2D eigenvalue weighted by atomic mass is 127. The van der Waals surface area contributed by atoms with Gasteiger partial charge in [0, 0.05) is 10.1 Å². The number of likely N-dealkylation sites (tertiary alicyclic amines) is 1. The molecule has 4 nitrogen and oxygen atoms in total. The molecule has 1 N–H and O–H groups in total. The van der Waals surface area contributed by atoms with E-state index in [4.69, 9.17) is 0 Å². The van der Waals surface area contributed by atoms with Crippen LogP contribution in [0.25, 0.3) is 0 Å². The number of benzene rings is 1. The maximum atomic E-state index is 13.1. The van der Waals surface area contributed by atoms with Gasteiger partial charge >= 0.3 is 5.97 Å². The number of aliphatic carboxylic acids is 1. The largest absolute Gasteiger partial charge is 0.480 e. The zero-order valence-electron chi connectivity index (χ0n) is 11.7. The smallest absolute Gasteiger partial charge is 0.326 e. The van der Waals surface area contributed by atoms with Gasteiger partial charge in [0.15, 0.2) is 0 Å². The Morgan fingerprint density at radius 2 is 2.19 bits per heavy atom. The molecule has 1 aromatic carbocycles. The molecule has 0 spiro atoms. The molecule has 1 aromatic rings. The summed E-state index contributed by atoms with van der Waals surface area (Å²) in [7, 11) is 0. The first-order chi connectivity index (χ1) is 9.93. The van der Waals surface area contributed by atoms with E-state index < -0.39 is 17.8 Å². The molecule has 0 saturated carbocycles. The number of carboxylic acids is 1. The Kier molecular flexibility index (Phi) is 5.18. The normalized spacial score (nSPS) is 22.1. The molecular formula is C15H17FINO3. The van der Waals surface area contributed by atoms with Crippen molar-refractivity contribution in [3.8, 4) is 0 Å². The minimum atomic E-state index is -0.974. The van der Waals surface area contributed by atoms with Crippen molar-refractivity contribution in [2.45, 2.75) is 32.2 Å². The number of piperidine rings is 1. The number of rotatable bonds is 3. The Morgan fingerprint density at radius 3 is 2.76 bits per heavy atom. The molecule has 1 amide bonds. The molecule has 2 atom stereocenters. The third-order valence-electron chi connectivity index (χ3n) is 4.00. The maximum Gasteiger partial charge on any atom is 0.326 e. The lowest BCUT2D eigenvalue weighted by atomic mass is 9.88. The highest BCUT2D eigenvalue weighted by molar-refractivity contribution is 14.1. The van der Waals surface area contributed by atoms with Gasteiger partial charge < -0.3 is 10.0 Å². The van der Waals surface area contributed by atoms with Crippen LogP contribution in [0.4, 0.5) is 4.39 Å². The van der Waals surface area contributed by atoms with Crippen LogP contribution < -0.4 is 0 Å². The number of hydrogen-bond acceptors (Lipinski definition) is 2. The van der Waals surface area contributed by atoms with Crippen molar-refractivity contribution >= 4 is 34.5 Å². The molecule has 2 unspecified atom stereocenters. The Hall–Kier alpha value is -1.18. The van der Waals surface area contributed by atoms with Crippen molar-refractivity contribution in [2.24, 2.45) is 5.92 Å². The fraction of sp³-hybridized carbons (Fsp3) is 0.467. The van der Waals surface area contributed by atoms with E-state index in [0.717, 1.165) is 12.8 Å². The van der Waals surface area contributed by atoms with E-state index in [9.17, 15) is 19.1 Å². The Balaban J connectivity index is 2.26. The summed E-state index contributed by atoms with van der Waals surface area (Å²) in [6.07, 6.45) is 2.21. The summed E-state index contributed by atoms with van der Waals surface area (Å²) < 4.78 is 13.6. The molecule has 1 fully saturated rings. The second-order valence-corrected chi connectivity index (χ2v) is 6.44. The van der Waals surface area contributed by atoms with Gasteiger partial charge in [-0.15, -0.1) is 0 Å². The molecule has 0 radical (unpaired) electrons. The average molecular weight is 405 g/mol. The van der Waals surface area contributed by atoms with Crippen LogP contribution in [0.1, 0.15) is 36.5 Å². The van der Waals surface area contributed by atoms with Gasteiger partial charge in [-0.3, -0.25) is 4.79 Å². The van der Waals surface area contributed by atoms with Crippen LogP contribution in [-0.4, -0.2) is 34.5 Å². The minimum Gasteiger partial charge on any atom is -0.480 e. The Bertz CT molecular complexity index is 564. The zero-order chi connectivity index (χ0) is 15.6. The number of carboxylic acid groups (broad SMARTS) is 1. The summed E-state index contributed by atoms with van der Waals surface area (Å²) in [5, 5.41) is 9.38. The van der Waals surface area contributed by atoms with Crippen LogP contribution in [-0.2, 0) is 4.79 Å². The third-order valence-corrected chi connectivity index (χ3v) is 4.89. The van der Waals surface area contributed by atoms with E-state index in [1.54, 1.807) is 0 Å². The molecule has 114 valence electrons. The van der Waals surface area contributed by atoms with E-state index >= 15 is 0 Å². The standard InChI is InChI=1S/C15H17FINO3/c1-2-9-5-6-18(13(7-9)15(20)21)14(19)11-4-3-10(16)8-12(11)17/h3-4,8-9,13H,2,5-7H2,1H3,(H,20,21). The fourth-order valence-corrected chi connectivity index (χ4v) is 3.41. The number of amides is 1. The number of nitrogens with zero attached hydrogens (tertiary/aromatic N) is 1. The highest BCUT2D eigenvalue weighted by Crippen LogP contribution is 2.28. The molecule has 0 aliphatic carbocycles. The van der Waals surface area contributed by atoms with Crippen molar-refractivity contribution in [3.05, 3.63) is 33.1 Å². The van der Waals surface area contributed by atoms with Gasteiger partial charge in [0.05, 0.1) is 5.56 Å². The number of carbonyl (C=O) groups excluding carboxylic acids is 1. The van der Waals surface area contributed by atoms with Gasteiger partial charge in [-0.2, -0.15) is 0 Å². The molecule has 6 heteroatoms. The molecule has 1 saturated heterocycles. The molecule has 0 bridgehead atoms. The number of halogens is 2. The summed E-state index contributed by atoms with van der Waals surface area (Å²) in [6.45, 7) is 2.46. The molecule has 1 heterocycles. The first-order valence-electron chi connectivity index (χ1n) is 6.92. The van der Waals surface area contributed by atoms with Gasteiger partial charge in [0.2, 0.25) is 0 Å². The van der Waals surface area contributed by atoms with Gasteiger partial charge in [-0.1, -0.05) is 13.3 Å². The quantitative estimate of drug-likeness (QED) is 0.787. The van der Waals surface area contributed by atoms with Crippen LogP contribution in [0.3, 0.4) is 0 Å². The predicted molar refractivity (Wildman–Crippen MR) is 84.6 cm³/mol. The first-order valence-corrected chi connectivity index (χ1v) is 8.00. The van der Waals surface area contributed by atoms with E-state index in [1.165, 1.54) is 23.1 Å². The lowest BCUT2D eigenvalue weighted by molar-refractivity contribution is -0.144. The van der Waals surface area contributed by atoms with E-state index in [2.05, 4.69) is 0 Å². The number of carbonyl (C=O) groups is 2. The molecule has 21 heavy (non-hydrogen) atoms. The van der Waals surface area contributed by atoms with Crippen molar-refractivity contribution in [2.75, 3.05) is 6.54 Å². The van der Waals surface area contributed by atoms with Gasteiger partial charge in [0.1, 0.15) is 11.9 Å². The fourth-order valence-electron chi connectivity index (χ4n) is 2.70. The van der Waals surface area contributed by atoms with Crippen LogP contribution in [0.5, 0.6) is 0 Å². The topological polar surface area (TPSA) is 57.6 Å². The van der Waals surface area contributed by atoms with Crippen LogP contribution in [0, 0.1) is 15.3 Å². The highest BCUT2D eigenvalue weighted by Gasteiger charge is 2.36. The van der Waals surface area contributed by atoms with Crippen LogP contribution in [0.15, 0.2) is 18.2 Å². The van der Waals surface area contributed by atoms with Gasteiger partial charge in [-0.25, -0.2) is 9.18 Å². The monoisotopic (exact) mass is 405 g/mol. The summed E-state index contributed by atoms with van der Waals surface area (Å²) in [6, 6.07) is 3.13. The van der Waals surface area contributed by atoms with Crippen molar-refractivity contribution < 1.29 is 19.1 Å². The third kappa shape index (κ3) is 3.53. The maximum absolute atomic E-state index is 13.1. The summed E-state index contributed by atoms with van der Waals surface area (Å²) in [5.74, 6) is -1.38. The lowest BCUT2D eigenvalue weighted by Gasteiger charge is -2.37. The van der Waals surface area contributed by atoms with E-state index in [-0.39, 0.29) is 5.91 Å². The predicted octanol–water partition coefficient (Wildman–Crippen LogP) is 3.15. The van der Waals surface area contributed by atoms with Gasteiger partial charge in [-0.05, 0) is 59.5 Å². The molecule has 1 aliphatic heterocycles.